The lowest BCUT2D eigenvalue weighted by molar-refractivity contribution is -0.113. The van der Waals surface area contributed by atoms with E-state index < -0.39 is 0 Å². The van der Waals surface area contributed by atoms with E-state index in [1.165, 1.54) is 17.3 Å². The summed E-state index contributed by atoms with van der Waals surface area (Å²) in [6, 6.07) is 11.5. The van der Waals surface area contributed by atoms with Crippen LogP contribution in [0.5, 0.6) is 5.75 Å². The third kappa shape index (κ3) is 5.98. The van der Waals surface area contributed by atoms with Gasteiger partial charge in [0.2, 0.25) is 5.91 Å². The Morgan fingerprint density at radius 2 is 1.94 bits per heavy atom. The summed E-state index contributed by atoms with van der Waals surface area (Å²) >= 11 is 7.30. The Labute approximate surface area is 191 Å². The van der Waals surface area contributed by atoms with Crippen molar-refractivity contribution in [3.8, 4) is 5.75 Å². The van der Waals surface area contributed by atoms with Crippen LogP contribution < -0.4 is 10.1 Å². The smallest absolute Gasteiger partial charge is 0.234 e. The molecule has 0 aliphatic rings. The van der Waals surface area contributed by atoms with Gasteiger partial charge in [-0.1, -0.05) is 49.3 Å². The lowest BCUT2D eigenvalue weighted by Crippen LogP contribution is -2.16. The summed E-state index contributed by atoms with van der Waals surface area (Å²) in [6.07, 6.45) is 1.29. The molecule has 0 radical (unpaired) electrons. The van der Waals surface area contributed by atoms with Crippen LogP contribution in [0.2, 0.25) is 5.15 Å². The summed E-state index contributed by atoms with van der Waals surface area (Å²) < 4.78 is 8.04. The summed E-state index contributed by atoms with van der Waals surface area (Å²) in [5.74, 6) is 1.95. The first-order chi connectivity index (χ1) is 14.9. The number of carbonyl (C=O) groups is 1. The number of hydrogen-bond donors (Lipinski definition) is 1. The number of nitrogens with zero attached hydrogens (tertiary/aromatic N) is 4. The van der Waals surface area contributed by atoms with Crippen molar-refractivity contribution in [1.29, 1.82) is 0 Å². The molecule has 0 saturated heterocycles. The minimum atomic E-state index is -0.283. The van der Waals surface area contributed by atoms with Crippen molar-refractivity contribution in [3.63, 3.8) is 0 Å². The number of carbonyl (C=O) groups excluding carboxylic acids is 1. The number of halogens is 1. The van der Waals surface area contributed by atoms with Crippen LogP contribution in [0.25, 0.3) is 0 Å². The average Bonchev–Trinajstić information content (AvgIpc) is 3.17. The van der Waals surface area contributed by atoms with E-state index >= 15 is 0 Å². The fourth-order valence-electron chi connectivity index (χ4n) is 2.99. The van der Waals surface area contributed by atoms with Crippen molar-refractivity contribution < 1.29 is 9.53 Å². The molecule has 1 unspecified atom stereocenters. The fraction of sp³-hybridized carbons (Fsp3) is 0.364. The van der Waals surface area contributed by atoms with Gasteiger partial charge in [-0.15, -0.1) is 10.2 Å². The monoisotopic (exact) mass is 459 g/mol. The van der Waals surface area contributed by atoms with E-state index in [0.717, 1.165) is 5.75 Å². The molecular formula is C22H26ClN5O2S. The summed E-state index contributed by atoms with van der Waals surface area (Å²) in [5, 5.41) is 12.2. The summed E-state index contributed by atoms with van der Waals surface area (Å²) in [6.45, 7) is 8.94. The number of thioether (sulfide) groups is 1. The van der Waals surface area contributed by atoms with Crippen LogP contribution in [0.15, 0.2) is 47.8 Å². The molecule has 3 aromatic rings. The number of pyridine rings is 1. The Kier molecular flexibility index (Phi) is 7.92. The number of aromatic nitrogens is 4. The second-order valence-corrected chi connectivity index (χ2v) is 8.55. The van der Waals surface area contributed by atoms with Gasteiger partial charge in [-0.2, -0.15) is 0 Å². The molecule has 0 fully saturated rings. The second kappa shape index (κ2) is 10.6. The zero-order valence-corrected chi connectivity index (χ0v) is 19.6. The predicted octanol–water partition coefficient (Wildman–Crippen LogP) is 5.34. The highest BCUT2D eigenvalue weighted by Crippen LogP contribution is 2.26. The van der Waals surface area contributed by atoms with Crippen molar-refractivity contribution >= 4 is 35.0 Å². The molecular weight excluding hydrogens is 434 g/mol. The third-order valence-electron chi connectivity index (χ3n) is 4.65. The first-order valence-corrected chi connectivity index (χ1v) is 11.5. The number of rotatable bonds is 9. The van der Waals surface area contributed by atoms with Crippen LogP contribution in [0.3, 0.4) is 0 Å². The van der Waals surface area contributed by atoms with E-state index in [4.69, 9.17) is 16.3 Å². The number of nitrogens with one attached hydrogen (secondary N) is 1. The van der Waals surface area contributed by atoms with Crippen molar-refractivity contribution in [1.82, 2.24) is 19.7 Å². The van der Waals surface area contributed by atoms with Crippen LogP contribution in [0.4, 0.5) is 5.69 Å². The number of hydrogen-bond acceptors (Lipinski definition) is 6. The SMILES string of the molecule is CCn1c(SCC(=O)Nc2cccnc2Cl)nnc1C(C)Oc1ccc(C(C)C)cc1. The standard InChI is InChI=1S/C22H26ClN5O2S/c1-5-28-21(15(4)30-17-10-8-16(9-11-17)14(2)3)26-27-22(28)31-13-19(29)25-18-7-6-12-24-20(18)23/h6-12,14-15H,5,13H2,1-4H3,(H,25,29). The van der Waals surface area contributed by atoms with E-state index in [2.05, 4.69) is 46.5 Å². The van der Waals surface area contributed by atoms with Gasteiger partial charge in [0.15, 0.2) is 22.2 Å². The lowest BCUT2D eigenvalue weighted by Gasteiger charge is -2.16. The summed E-state index contributed by atoms with van der Waals surface area (Å²) in [4.78, 5) is 16.2. The highest BCUT2D eigenvalue weighted by Gasteiger charge is 2.19. The first kappa shape index (κ1) is 23.1. The van der Waals surface area contributed by atoms with Gasteiger partial charge in [-0.25, -0.2) is 4.98 Å². The number of amides is 1. The molecule has 2 heterocycles. The van der Waals surface area contributed by atoms with Crippen LogP contribution in [0.1, 0.15) is 51.1 Å². The molecule has 1 amide bonds. The zero-order valence-electron chi connectivity index (χ0n) is 18.0. The van der Waals surface area contributed by atoms with Crippen LogP contribution >= 0.6 is 23.4 Å². The molecule has 31 heavy (non-hydrogen) atoms. The molecule has 1 aromatic carbocycles. The molecule has 2 aromatic heterocycles. The molecule has 0 aliphatic heterocycles. The largest absolute Gasteiger partial charge is 0.483 e. The van der Waals surface area contributed by atoms with Crippen molar-refractivity contribution in [2.75, 3.05) is 11.1 Å². The minimum Gasteiger partial charge on any atom is -0.483 e. The Morgan fingerprint density at radius 3 is 2.58 bits per heavy atom. The Balaban J connectivity index is 1.63. The molecule has 9 heteroatoms. The summed E-state index contributed by atoms with van der Waals surface area (Å²) in [5.41, 5.74) is 1.75. The first-order valence-electron chi connectivity index (χ1n) is 10.1. The van der Waals surface area contributed by atoms with E-state index in [-0.39, 0.29) is 22.9 Å². The van der Waals surface area contributed by atoms with Gasteiger partial charge in [0, 0.05) is 12.7 Å². The van der Waals surface area contributed by atoms with Gasteiger partial charge in [0.05, 0.1) is 11.4 Å². The predicted molar refractivity (Wildman–Crippen MR) is 124 cm³/mol. The van der Waals surface area contributed by atoms with E-state index in [1.54, 1.807) is 18.3 Å². The van der Waals surface area contributed by atoms with Crippen LogP contribution in [0, 0.1) is 0 Å². The maximum atomic E-state index is 12.3. The second-order valence-electron chi connectivity index (χ2n) is 7.25. The summed E-state index contributed by atoms with van der Waals surface area (Å²) in [7, 11) is 0. The lowest BCUT2D eigenvalue weighted by atomic mass is 10.0. The molecule has 1 N–H and O–H groups in total. The van der Waals surface area contributed by atoms with Gasteiger partial charge in [0.1, 0.15) is 5.75 Å². The highest BCUT2D eigenvalue weighted by atomic mass is 35.5. The molecule has 1 atom stereocenters. The number of ether oxygens (including phenoxy) is 1. The number of anilines is 1. The van der Waals surface area contributed by atoms with Crippen LogP contribution in [-0.2, 0) is 11.3 Å². The molecule has 164 valence electrons. The zero-order chi connectivity index (χ0) is 22.4. The normalized spacial score (nSPS) is 12.1. The van der Waals surface area contributed by atoms with Gasteiger partial charge < -0.3 is 14.6 Å². The number of benzene rings is 1. The van der Waals surface area contributed by atoms with E-state index in [0.29, 0.717) is 29.1 Å². The van der Waals surface area contributed by atoms with Gasteiger partial charge in [-0.3, -0.25) is 4.79 Å². The fourth-order valence-corrected chi connectivity index (χ4v) is 3.96. The molecule has 0 saturated carbocycles. The van der Waals surface area contributed by atoms with Crippen molar-refractivity contribution in [2.45, 2.75) is 51.4 Å². The third-order valence-corrected chi connectivity index (χ3v) is 5.92. The molecule has 0 spiro atoms. The van der Waals surface area contributed by atoms with Gasteiger partial charge >= 0.3 is 0 Å². The van der Waals surface area contributed by atoms with E-state index in [1.807, 2.05) is 30.5 Å². The molecule has 7 nitrogen and oxygen atoms in total. The topological polar surface area (TPSA) is 81.9 Å². The maximum absolute atomic E-state index is 12.3. The van der Waals surface area contributed by atoms with Gasteiger partial charge in [-0.05, 0) is 49.6 Å². The average molecular weight is 460 g/mol. The van der Waals surface area contributed by atoms with Crippen molar-refractivity contribution in [2.24, 2.45) is 0 Å². The van der Waals surface area contributed by atoms with Crippen LogP contribution in [-0.4, -0.2) is 31.4 Å². The maximum Gasteiger partial charge on any atom is 0.234 e. The van der Waals surface area contributed by atoms with Crippen molar-refractivity contribution in [3.05, 3.63) is 59.1 Å². The van der Waals surface area contributed by atoms with Gasteiger partial charge in [0.25, 0.3) is 0 Å². The highest BCUT2D eigenvalue weighted by molar-refractivity contribution is 7.99. The van der Waals surface area contributed by atoms with E-state index in [9.17, 15) is 4.79 Å². The quantitative estimate of drug-likeness (QED) is 0.343. The molecule has 0 bridgehead atoms. The Morgan fingerprint density at radius 1 is 1.19 bits per heavy atom. The molecule has 0 aliphatic carbocycles. The molecule has 3 rings (SSSR count). The minimum absolute atomic E-state index is 0.176. The Bertz CT molecular complexity index is 1020. The Hall–Kier alpha value is -2.58.